The molecule has 0 aromatic heterocycles. The van der Waals surface area contributed by atoms with Crippen molar-refractivity contribution < 1.29 is 9.84 Å². The van der Waals surface area contributed by atoms with Crippen molar-refractivity contribution in [1.29, 1.82) is 0 Å². The van der Waals surface area contributed by atoms with Crippen molar-refractivity contribution in [3.8, 4) is 5.75 Å². The molecule has 1 aromatic carbocycles. The van der Waals surface area contributed by atoms with Crippen LogP contribution in [0.1, 0.15) is 50.5 Å². The van der Waals surface area contributed by atoms with E-state index in [0.29, 0.717) is 5.92 Å². The lowest BCUT2D eigenvalue weighted by molar-refractivity contribution is 0.0980. The molecule has 0 saturated heterocycles. The molecule has 3 heteroatoms. The molecule has 2 rings (SSSR count). The molecule has 20 heavy (non-hydrogen) atoms. The molecule has 1 fully saturated rings. The number of rotatable bonds is 7. The fourth-order valence-corrected chi connectivity index (χ4v) is 3.11. The second-order valence-electron chi connectivity index (χ2n) is 5.79. The predicted molar refractivity (Wildman–Crippen MR) is 81.6 cm³/mol. The highest BCUT2D eigenvalue weighted by Crippen LogP contribution is 2.31. The summed E-state index contributed by atoms with van der Waals surface area (Å²) in [5, 5.41) is 9.21. The number of aliphatic hydroxyl groups excluding tert-OH is 1. The fourth-order valence-electron chi connectivity index (χ4n) is 3.11. The first-order chi connectivity index (χ1) is 9.83. The molecule has 1 aliphatic rings. The third-order valence-electron chi connectivity index (χ3n) is 4.24. The number of hydrogen-bond donors (Lipinski definition) is 2. The lowest BCUT2D eigenvalue weighted by Crippen LogP contribution is -2.29. The molecule has 1 aromatic rings. The zero-order chi connectivity index (χ0) is 14.2. The van der Waals surface area contributed by atoms with Crippen molar-refractivity contribution in [1.82, 2.24) is 0 Å². The van der Waals surface area contributed by atoms with Crippen LogP contribution in [0.15, 0.2) is 24.3 Å². The van der Waals surface area contributed by atoms with E-state index in [-0.39, 0.29) is 12.7 Å². The second kappa shape index (κ2) is 8.28. The lowest BCUT2D eigenvalue weighted by atomic mass is 9.83. The molecule has 1 unspecified atom stereocenters. The topological polar surface area (TPSA) is 55.5 Å². The van der Waals surface area contributed by atoms with Crippen molar-refractivity contribution in [2.75, 3.05) is 6.54 Å². The zero-order valence-corrected chi connectivity index (χ0v) is 12.3. The Hall–Kier alpha value is -1.06. The van der Waals surface area contributed by atoms with Crippen LogP contribution in [-0.4, -0.2) is 17.8 Å². The largest absolute Gasteiger partial charge is 0.490 e. The van der Waals surface area contributed by atoms with E-state index in [4.69, 9.17) is 10.5 Å². The second-order valence-corrected chi connectivity index (χ2v) is 5.79. The first-order valence-electron chi connectivity index (χ1n) is 7.90. The Bertz CT molecular complexity index is 388. The van der Waals surface area contributed by atoms with Crippen molar-refractivity contribution >= 4 is 0 Å². The Morgan fingerprint density at radius 1 is 1.25 bits per heavy atom. The summed E-state index contributed by atoms with van der Waals surface area (Å²) in [5.41, 5.74) is 6.56. The van der Waals surface area contributed by atoms with Gasteiger partial charge in [0.05, 0.1) is 6.61 Å². The quantitative estimate of drug-likeness (QED) is 0.804. The maximum atomic E-state index is 9.21. The molecule has 112 valence electrons. The molecule has 1 saturated carbocycles. The average Bonchev–Trinajstić information content (AvgIpc) is 2.52. The summed E-state index contributed by atoms with van der Waals surface area (Å²) in [6, 6.07) is 7.79. The SMILES string of the molecule is NCCCC(Oc1cccc(CO)c1)C1CCCCC1. The van der Waals surface area contributed by atoms with Gasteiger partial charge in [0.15, 0.2) is 0 Å². The van der Waals surface area contributed by atoms with Gasteiger partial charge in [-0.2, -0.15) is 0 Å². The minimum absolute atomic E-state index is 0.0636. The van der Waals surface area contributed by atoms with Gasteiger partial charge in [0.2, 0.25) is 0 Å². The van der Waals surface area contributed by atoms with E-state index in [1.165, 1.54) is 32.1 Å². The Labute approximate surface area is 122 Å². The van der Waals surface area contributed by atoms with Gasteiger partial charge in [0, 0.05) is 0 Å². The smallest absolute Gasteiger partial charge is 0.120 e. The van der Waals surface area contributed by atoms with Gasteiger partial charge in [-0.3, -0.25) is 0 Å². The zero-order valence-electron chi connectivity index (χ0n) is 12.3. The van der Waals surface area contributed by atoms with Gasteiger partial charge in [-0.15, -0.1) is 0 Å². The minimum Gasteiger partial charge on any atom is -0.490 e. The number of aliphatic hydroxyl groups is 1. The summed E-state index contributed by atoms with van der Waals surface area (Å²) < 4.78 is 6.23. The summed E-state index contributed by atoms with van der Waals surface area (Å²) in [4.78, 5) is 0. The highest BCUT2D eigenvalue weighted by atomic mass is 16.5. The summed E-state index contributed by atoms with van der Waals surface area (Å²) >= 11 is 0. The van der Waals surface area contributed by atoms with E-state index in [9.17, 15) is 5.11 Å². The van der Waals surface area contributed by atoms with E-state index in [1.807, 2.05) is 24.3 Å². The van der Waals surface area contributed by atoms with Crippen LogP contribution in [-0.2, 0) is 6.61 Å². The Kier molecular flexibility index (Phi) is 6.34. The maximum Gasteiger partial charge on any atom is 0.120 e. The van der Waals surface area contributed by atoms with Crippen molar-refractivity contribution in [2.45, 2.75) is 57.7 Å². The molecule has 0 bridgehead atoms. The molecular formula is C17H27NO2. The standard InChI is InChI=1S/C17H27NO2/c18-11-5-10-17(15-7-2-1-3-8-15)20-16-9-4-6-14(12-16)13-19/h4,6,9,12,15,17,19H,1-3,5,7-8,10-11,13,18H2. The summed E-state index contributed by atoms with van der Waals surface area (Å²) in [5.74, 6) is 1.54. The van der Waals surface area contributed by atoms with Gasteiger partial charge in [0.1, 0.15) is 11.9 Å². The normalized spacial score (nSPS) is 17.9. The highest BCUT2D eigenvalue weighted by Gasteiger charge is 2.24. The monoisotopic (exact) mass is 277 g/mol. The van der Waals surface area contributed by atoms with Gasteiger partial charge in [0.25, 0.3) is 0 Å². The fraction of sp³-hybridized carbons (Fsp3) is 0.647. The first kappa shape index (κ1) is 15.3. The van der Waals surface area contributed by atoms with E-state index >= 15 is 0 Å². The molecule has 1 aliphatic carbocycles. The van der Waals surface area contributed by atoms with E-state index < -0.39 is 0 Å². The van der Waals surface area contributed by atoms with Crippen LogP contribution in [0, 0.1) is 5.92 Å². The Morgan fingerprint density at radius 3 is 2.75 bits per heavy atom. The van der Waals surface area contributed by atoms with Crippen molar-refractivity contribution in [2.24, 2.45) is 11.7 Å². The third kappa shape index (κ3) is 4.50. The molecule has 0 radical (unpaired) electrons. The van der Waals surface area contributed by atoms with E-state index in [0.717, 1.165) is 30.7 Å². The number of nitrogens with two attached hydrogens (primary N) is 1. The lowest BCUT2D eigenvalue weighted by Gasteiger charge is -2.31. The Morgan fingerprint density at radius 2 is 2.05 bits per heavy atom. The molecule has 0 spiro atoms. The van der Waals surface area contributed by atoms with E-state index in [2.05, 4.69) is 0 Å². The summed E-state index contributed by atoms with van der Waals surface area (Å²) in [6.45, 7) is 0.789. The highest BCUT2D eigenvalue weighted by molar-refractivity contribution is 5.28. The van der Waals surface area contributed by atoms with Crippen LogP contribution in [0.2, 0.25) is 0 Å². The van der Waals surface area contributed by atoms with E-state index in [1.54, 1.807) is 0 Å². The Balaban J connectivity index is 2.01. The molecule has 0 heterocycles. The van der Waals surface area contributed by atoms with Gasteiger partial charge >= 0.3 is 0 Å². The molecule has 3 nitrogen and oxygen atoms in total. The number of ether oxygens (including phenoxy) is 1. The summed E-state index contributed by atoms with van der Waals surface area (Å²) in [6.07, 6.45) is 8.87. The predicted octanol–water partition coefficient (Wildman–Crippen LogP) is 3.25. The molecular weight excluding hydrogens is 250 g/mol. The van der Waals surface area contributed by atoms with Crippen molar-refractivity contribution in [3.05, 3.63) is 29.8 Å². The van der Waals surface area contributed by atoms with Crippen LogP contribution >= 0.6 is 0 Å². The average molecular weight is 277 g/mol. The number of benzene rings is 1. The van der Waals surface area contributed by atoms with Gasteiger partial charge in [-0.25, -0.2) is 0 Å². The molecule has 0 aliphatic heterocycles. The first-order valence-corrected chi connectivity index (χ1v) is 7.90. The van der Waals surface area contributed by atoms with Crippen LogP contribution in [0.3, 0.4) is 0 Å². The minimum atomic E-state index is 0.0636. The van der Waals surface area contributed by atoms with Crippen LogP contribution in [0.5, 0.6) is 5.75 Å². The maximum absolute atomic E-state index is 9.21. The van der Waals surface area contributed by atoms with Crippen LogP contribution in [0.4, 0.5) is 0 Å². The molecule has 3 N–H and O–H groups in total. The van der Waals surface area contributed by atoms with Gasteiger partial charge in [-0.05, 0) is 55.8 Å². The molecule has 1 atom stereocenters. The van der Waals surface area contributed by atoms with Gasteiger partial charge < -0.3 is 15.6 Å². The van der Waals surface area contributed by atoms with Crippen LogP contribution < -0.4 is 10.5 Å². The summed E-state index contributed by atoms with van der Waals surface area (Å²) in [7, 11) is 0. The van der Waals surface area contributed by atoms with Crippen LogP contribution in [0.25, 0.3) is 0 Å². The van der Waals surface area contributed by atoms with Crippen molar-refractivity contribution in [3.63, 3.8) is 0 Å². The third-order valence-corrected chi connectivity index (χ3v) is 4.24. The molecule has 0 amide bonds. The van der Waals surface area contributed by atoms with Gasteiger partial charge in [-0.1, -0.05) is 31.4 Å². The number of hydrogen-bond acceptors (Lipinski definition) is 3.